The van der Waals surface area contributed by atoms with Crippen LogP contribution in [0.5, 0.6) is 0 Å². The summed E-state index contributed by atoms with van der Waals surface area (Å²) in [6.07, 6.45) is 1.19. The van der Waals surface area contributed by atoms with Crippen LogP contribution in [0.25, 0.3) is 0 Å². The molecular weight excluding hydrogens is 289 g/mol. The van der Waals surface area contributed by atoms with E-state index in [1.807, 2.05) is 0 Å². The van der Waals surface area contributed by atoms with Gasteiger partial charge in [0.1, 0.15) is 0 Å². The average molecular weight is 305 g/mol. The molecule has 1 aliphatic heterocycles. The molecule has 16 heavy (non-hydrogen) atoms. The van der Waals surface area contributed by atoms with Crippen molar-refractivity contribution >= 4 is 27.5 Å². The van der Waals surface area contributed by atoms with E-state index < -0.39 is 0 Å². The highest BCUT2D eigenvalue weighted by Crippen LogP contribution is 2.32. The van der Waals surface area contributed by atoms with E-state index in [0.29, 0.717) is 12.5 Å². The largest absolute Gasteiger partial charge is 0.380 e. The van der Waals surface area contributed by atoms with Gasteiger partial charge in [-0.05, 0) is 36.6 Å². The summed E-state index contributed by atoms with van der Waals surface area (Å²) in [5.41, 5.74) is 2.33. The maximum Gasteiger partial charge on any atom is 0.0738 e. The Kier molecular flexibility index (Phi) is 4.25. The van der Waals surface area contributed by atoms with E-state index in [2.05, 4.69) is 33.4 Å². The molecule has 4 heteroatoms. The Morgan fingerprint density at radius 1 is 1.56 bits per heavy atom. The van der Waals surface area contributed by atoms with Gasteiger partial charge in [0.05, 0.1) is 6.61 Å². The normalized spacial score (nSPS) is 20.3. The van der Waals surface area contributed by atoms with E-state index in [1.54, 1.807) is 7.11 Å². The second-order valence-corrected chi connectivity index (χ2v) is 5.35. The first-order valence-corrected chi connectivity index (χ1v) is 6.57. The molecule has 1 aromatic rings. The standard InChI is InChI=1S/C12H15BrClNO/c1-16-7-10-11(13)4-9(5-12(10)14)8-2-3-15-6-8/h4-5,8,15H,2-3,6-7H2,1H3. The number of ether oxygens (including phenoxy) is 1. The Bertz CT molecular complexity index is 354. The third kappa shape index (κ3) is 2.59. The predicted octanol–water partition coefficient (Wildman–Crippen LogP) is 3.33. The van der Waals surface area contributed by atoms with E-state index >= 15 is 0 Å². The predicted molar refractivity (Wildman–Crippen MR) is 70.1 cm³/mol. The number of hydrogen-bond acceptors (Lipinski definition) is 2. The number of methoxy groups -OCH3 is 1. The molecule has 0 radical (unpaired) electrons. The molecule has 1 heterocycles. The monoisotopic (exact) mass is 303 g/mol. The first kappa shape index (κ1) is 12.4. The van der Waals surface area contributed by atoms with Gasteiger partial charge < -0.3 is 10.1 Å². The minimum absolute atomic E-state index is 0.544. The molecule has 1 atom stereocenters. The van der Waals surface area contributed by atoms with Crippen LogP contribution in [0.2, 0.25) is 5.02 Å². The van der Waals surface area contributed by atoms with Crippen LogP contribution in [0.4, 0.5) is 0 Å². The smallest absolute Gasteiger partial charge is 0.0738 e. The van der Waals surface area contributed by atoms with Crippen molar-refractivity contribution in [2.75, 3.05) is 20.2 Å². The van der Waals surface area contributed by atoms with Crippen molar-refractivity contribution in [3.63, 3.8) is 0 Å². The topological polar surface area (TPSA) is 21.3 Å². The van der Waals surface area contributed by atoms with Gasteiger partial charge in [0, 0.05) is 28.7 Å². The van der Waals surface area contributed by atoms with Crippen molar-refractivity contribution in [2.45, 2.75) is 18.9 Å². The van der Waals surface area contributed by atoms with Gasteiger partial charge in [0.2, 0.25) is 0 Å². The molecule has 0 saturated carbocycles. The van der Waals surface area contributed by atoms with Gasteiger partial charge in [0.15, 0.2) is 0 Å². The molecule has 2 nitrogen and oxygen atoms in total. The van der Waals surface area contributed by atoms with Crippen molar-refractivity contribution in [1.82, 2.24) is 5.32 Å². The van der Waals surface area contributed by atoms with Gasteiger partial charge in [-0.2, -0.15) is 0 Å². The van der Waals surface area contributed by atoms with Gasteiger partial charge in [-0.25, -0.2) is 0 Å². The molecule has 1 saturated heterocycles. The van der Waals surface area contributed by atoms with Crippen LogP contribution in [0, 0.1) is 0 Å². The molecule has 0 aromatic heterocycles. The van der Waals surface area contributed by atoms with E-state index in [0.717, 1.165) is 28.1 Å². The summed E-state index contributed by atoms with van der Waals surface area (Å²) < 4.78 is 6.17. The summed E-state index contributed by atoms with van der Waals surface area (Å²) in [6, 6.07) is 4.23. The summed E-state index contributed by atoms with van der Waals surface area (Å²) in [5, 5.41) is 4.16. The molecule has 0 spiro atoms. The van der Waals surface area contributed by atoms with Gasteiger partial charge in [-0.3, -0.25) is 0 Å². The molecule has 0 aliphatic carbocycles. The fourth-order valence-corrected chi connectivity index (χ4v) is 3.07. The van der Waals surface area contributed by atoms with E-state index in [9.17, 15) is 0 Å². The third-order valence-electron chi connectivity index (χ3n) is 2.98. The highest BCUT2D eigenvalue weighted by atomic mass is 79.9. The highest BCUT2D eigenvalue weighted by Gasteiger charge is 2.18. The van der Waals surface area contributed by atoms with E-state index in [4.69, 9.17) is 16.3 Å². The SMILES string of the molecule is COCc1c(Cl)cc(C2CCNC2)cc1Br. The van der Waals surface area contributed by atoms with Crippen molar-refractivity contribution in [1.29, 1.82) is 0 Å². The first-order chi connectivity index (χ1) is 7.72. The Labute approximate surface area is 109 Å². The van der Waals surface area contributed by atoms with Crippen LogP contribution in [-0.4, -0.2) is 20.2 Å². The van der Waals surface area contributed by atoms with Gasteiger partial charge in [0.25, 0.3) is 0 Å². The lowest BCUT2D eigenvalue weighted by atomic mass is 9.97. The molecule has 1 N–H and O–H groups in total. The van der Waals surface area contributed by atoms with Crippen LogP contribution in [0.15, 0.2) is 16.6 Å². The molecule has 1 unspecified atom stereocenters. The number of hydrogen-bond donors (Lipinski definition) is 1. The van der Waals surface area contributed by atoms with Crippen molar-refractivity contribution in [3.05, 3.63) is 32.8 Å². The minimum atomic E-state index is 0.544. The summed E-state index contributed by atoms with van der Waals surface area (Å²) in [5.74, 6) is 0.588. The zero-order valence-electron chi connectivity index (χ0n) is 9.22. The molecule has 1 aliphatic rings. The lowest BCUT2D eigenvalue weighted by Gasteiger charge is -2.13. The van der Waals surface area contributed by atoms with Crippen molar-refractivity contribution < 1.29 is 4.74 Å². The van der Waals surface area contributed by atoms with Crippen LogP contribution in [0.1, 0.15) is 23.5 Å². The quantitative estimate of drug-likeness (QED) is 0.925. The van der Waals surface area contributed by atoms with E-state index in [-0.39, 0.29) is 0 Å². The molecule has 1 aromatic carbocycles. The summed E-state index contributed by atoms with van der Waals surface area (Å²) >= 11 is 9.82. The summed E-state index contributed by atoms with van der Waals surface area (Å²) in [6.45, 7) is 2.69. The highest BCUT2D eigenvalue weighted by molar-refractivity contribution is 9.10. The summed E-state index contributed by atoms with van der Waals surface area (Å²) in [4.78, 5) is 0. The lowest BCUT2D eigenvalue weighted by molar-refractivity contribution is 0.184. The number of rotatable bonds is 3. The third-order valence-corrected chi connectivity index (χ3v) is 4.03. The molecule has 2 rings (SSSR count). The number of nitrogens with one attached hydrogen (secondary N) is 1. The fourth-order valence-electron chi connectivity index (χ4n) is 2.08. The number of benzene rings is 1. The zero-order chi connectivity index (χ0) is 11.5. The van der Waals surface area contributed by atoms with E-state index in [1.165, 1.54) is 12.0 Å². The molecule has 1 fully saturated rings. The van der Waals surface area contributed by atoms with Crippen LogP contribution < -0.4 is 5.32 Å². The fraction of sp³-hybridized carbons (Fsp3) is 0.500. The Morgan fingerprint density at radius 2 is 2.38 bits per heavy atom. The van der Waals surface area contributed by atoms with Crippen LogP contribution >= 0.6 is 27.5 Å². The maximum absolute atomic E-state index is 6.26. The van der Waals surface area contributed by atoms with Gasteiger partial charge in [-0.1, -0.05) is 27.5 Å². The van der Waals surface area contributed by atoms with Crippen molar-refractivity contribution in [3.8, 4) is 0 Å². The first-order valence-electron chi connectivity index (χ1n) is 5.40. The van der Waals surface area contributed by atoms with Gasteiger partial charge >= 0.3 is 0 Å². The number of halogens is 2. The Hall–Kier alpha value is -0.0900. The second-order valence-electron chi connectivity index (χ2n) is 4.09. The second kappa shape index (κ2) is 5.50. The molecular formula is C12H15BrClNO. The Balaban J connectivity index is 2.28. The molecule has 0 bridgehead atoms. The van der Waals surface area contributed by atoms with Crippen molar-refractivity contribution in [2.24, 2.45) is 0 Å². The maximum atomic E-state index is 6.26. The Morgan fingerprint density at radius 3 is 2.94 bits per heavy atom. The minimum Gasteiger partial charge on any atom is -0.380 e. The summed E-state index contributed by atoms with van der Waals surface area (Å²) in [7, 11) is 1.68. The average Bonchev–Trinajstić information content (AvgIpc) is 2.76. The zero-order valence-corrected chi connectivity index (χ0v) is 11.6. The molecule has 88 valence electrons. The van der Waals surface area contributed by atoms with Crippen LogP contribution in [-0.2, 0) is 11.3 Å². The van der Waals surface area contributed by atoms with Crippen LogP contribution in [0.3, 0.4) is 0 Å². The van der Waals surface area contributed by atoms with Gasteiger partial charge in [-0.15, -0.1) is 0 Å². The molecule has 0 amide bonds. The lowest BCUT2D eigenvalue weighted by Crippen LogP contribution is -2.08.